The van der Waals surface area contributed by atoms with Gasteiger partial charge in [-0.05, 0) is 50.1 Å². The quantitative estimate of drug-likeness (QED) is 0.638. The van der Waals surface area contributed by atoms with Crippen molar-refractivity contribution in [3.05, 3.63) is 58.6 Å². The summed E-state index contributed by atoms with van der Waals surface area (Å²) < 4.78 is 32.5. The van der Waals surface area contributed by atoms with E-state index in [4.69, 9.17) is 21.6 Å². The van der Waals surface area contributed by atoms with Gasteiger partial charge in [0.2, 0.25) is 10.0 Å². The van der Waals surface area contributed by atoms with Gasteiger partial charge in [0.05, 0.1) is 21.8 Å². The van der Waals surface area contributed by atoms with Crippen LogP contribution in [-0.2, 0) is 19.6 Å². The predicted molar refractivity (Wildman–Crippen MR) is 119 cm³/mol. The van der Waals surface area contributed by atoms with Crippen LogP contribution >= 0.6 is 11.6 Å². The summed E-state index contributed by atoms with van der Waals surface area (Å²) in [5.41, 5.74) is 0.524. The number of ether oxygens (including phenoxy) is 1. The summed E-state index contributed by atoms with van der Waals surface area (Å²) in [7, 11) is -3.86. The number of anilines is 1. The Bertz CT molecular complexity index is 1170. The van der Waals surface area contributed by atoms with Gasteiger partial charge in [0.15, 0.2) is 6.10 Å². The van der Waals surface area contributed by atoms with E-state index in [1.165, 1.54) is 29.4 Å². The van der Waals surface area contributed by atoms with Crippen molar-refractivity contribution in [1.29, 1.82) is 5.26 Å². The standard InChI is InChI=1S/C22H22ClN3O5S/c1-15(21(27)25-19-8-4-3-7-17(19)14-24)31-22(28)16-9-10-18(23)20(13-16)32(29,30)26-11-5-2-6-12-26/h3-4,7-10,13,15H,2,5-6,11-12H2,1H3,(H,25,27). The van der Waals surface area contributed by atoms with Crippen LogP contribution in [0.1, 0.15) is 42.1 Å². The van der Waals surface area contributed by atoms with E-state index in [0.717, 1.165) is 19.3 Å². The fourth-order valence-electron chi connectivity index (χ4n) is 3.28. The normalized spacial score (nSPS) is 15.4. The fourth-order valence-corrected chi connectivity index (χ4v) is 5.30. The van der Waals surface area contributed by atoms with Gasteiger partial charge in [0, 0.05) is 13.1 Å². The van der Waals surface area contributed by atoms with Gasteiger partial charge >= 0.3 is 5.97 Å². The maximum atomic E-state index is 13.0. The molecule has 0 bridgehead atoms. The fraction of sp³-hybridized carbons (Fsp3) is 0.318. The van der Waals surface area contributed by atoms with Crippen LogP contribution in [0.15, 0.2) is 47.4 Å². The van der Waals surface area contributed by atoms with Crippen molar-refractivity contribution in [2.75, 3.05) is 18.4 Å². The monoisotopic (exact) mass is 475 g/mol. The first-order chi connectivity index (χ1) is 15.2. The number of piperidine rings is 1. The molecule has 1 heterocycles. The third kappa shape index (κ3) is 5.27. The van der Waals surface area contributed by atoms with Crippen LogP contribution in [0.25, 0.3) is 0 Å². The first-order valence-electron chi connectivity index (χ1n) is 10.0. The van der Waals surface area contributed by atoms with E-state index >= 15 is 0 Å². The van der Waals surface area contributed by atoms with Gasteiger partial charge in [-0.1, -0.05) is 30.2 Å². The molecule has 0 aromatic heterocycles. The minimum absolute atomic E-state index is 0.00558. The second kappa shape index (κ2) is 10.1. The zero-order valence-corrected chi connectivity index (χ0v) is 18.9. The van der Waals surface area contributed by atoms with E-state index in [0.29, 0.717) is 18.8 Å². The van der Waals surface area contributed by atoms with Crippen molar-refractivity contribution in [2.24, 2.45) is 0 Å². The van der Waals surface area contributed by atoms with E-state index < -0.39 is 28.0 Å². The van der Waals surface area contributed by atoms with Crippen LogP contribution in [-0.4, -0.2) is 43.8 Å². The lowest BCUT2D eigenvalue weighted by molar-refractivity contribution is -0.123. The lowest BCUT2D eigenvalue weighted by Gasteiger charge is -2.26. The Labute approximate surface area is 191 Å². The highest BCUT2D eigenvalue weighted by molar-refractivity contribution is 7.89. The lowest BCUT2D eigenvalue weighted by Crippen LogP contribution is -2.36. The minimum atomic E-state index is -3.86. The molecule has 2 aromatic rings. The third-order valence-corrected chi connectivity index (χ3v) is 7.44. The van der Waals surface area contributed by atoms with Crippen LogP contribution in [0, 0.1) is 11.3 Å². The average molecular weight is 476 g/mol. The van der Waals surface area contributed by atoms with Crippen LogP contribution in [0.2, 0.25) is 5.02 Å². The van der Waals surface area contributed by atoms with Crippen LogP contribution in [0.5, 0.6) is 0 Å². The second-order valence-electron chi connectivity index (χ2n) is 7.30. The van der Waals surface area contributed by atoms with Gasteiger partial charge in [-0.25, -0.2) is 13.2 Å². The van der Waals surface area contributed by atoms with Gasteiger partial charge < -0.3 is 10.1 Å². The number of para-hydroxylation sites is 1. The molecule has 1 aliphatic rings. The summed E-state index contributed by atoms with van der Waals surface area (Å²) in [5.74, 6) is -1.50. The maximum absolute atomic E-state index is 13.0. The predicted octanol–water partition coefficient (Wildman–Crippen LogP) is 3.57. The lowest BCUT2D eigenvalue weighted by atomic mass is 10.2. The van der Waals surface area contributed by atoms with Crippen molar-refractivity contribution >= 4 is 39.2 Å². The van der Waals surface area contributed by atoms with E-state index in [1.54, 1.807) is 24.3 Å². The van der Waals surface area contributed by atoms with E-state index in [2.05, 4.69) is 5.32 Å². The smallest absolute Gasteiger partial charge is 0.338 e. The second-order valence-corrected chi connectivity index (χ2v) is 9.62. The molecule has 1 atom stereocenters. The van der Waals surface area contributed by atoms with Gasteiger partial charge in [-0.2, -0.15) is 9.57 Å². The number of nitrogens with one attached hydrogen (secondary N) is 1. The largest absolute Gasteiger partial charge is 0.449 e. The molecule has 32 heavy (non-hydrogen) atoms. The molecule has 0 radical (unpaired) electrons. The van der Waals surface area contributed by atoms with Crippen molar-refractivity contribution < 1.29 is 22.7 Å². The molecule has 10 heteroatoms. The summed E-state index contributed by atoms with van der Waals surface area (Å²) in [6.45, 7) is 2.17. The average Bonchev–Trinajstić information content (AvgIpc) is 2.80. The first-order valence-corrected chi connectivity index (χ1v) is 11.9. The molecule has 1 unspecified atom stereocenters. The molecular formula is C22H22ClN3O5S. The number of nitrogens with zero attached hydrogens (tertiary/aromatic N) is 2. The molecule has 1 N–H and O–H groups in total. The van der Waals surface area contributed by atoms with Crippen LogP contribution in [0.3, 0.4) is 0 Å². The number of carbonyl (C=O) groups is 2. The Morgan fingerprint density at radius 2 is 1.84 bits per heavy atom. The van der Waals surface area contributed by atoms with E-state index in [-0.39, 0.29) is 21.0 Å². The number of rotatable bonds is 6. The Hall–Kier alpha value is -2.93. The molecule has 1 fully saturated rings. The van der Waals surface area contributed by atoms with Gasteiger partial charge in [-0.15, -0.1) is 0 Å². The topological polar surface area (TPSA) is 117 Å². The van der Waals surface area contributed by atoms with Crippen molar-refractivity contribution in [1.82, 2.24) is 4.31 Å². The first kappa shape index (κ1) is 23.7. The van der Waals surface area contributed by atoms with Crippen LogP contribution < -0.4 is 5.32 Å². The van der Waals surface area contributed by atoms with Gasteiger partial charge in [-0.3, -0.25) is 4.79 Å². The summed E-state index contributed by atoms with van der Waals surface area (Å²) >= 11 is 6.13. The Morgan fingerprint density at radius 3 is 2.53 bits per heavy atom. The maximum Gasteiger partial charge on any atom is 0.338 e. The number of esters is 1. The number of hydrogen-bond donors (Lipinski definition) is 1. The highest BCUT2D eigenvalue weighted by atomic mass is 35.5. The molecule has 3 rings (SSSR count). The number of halogens is 1. The van der Waals surface area contributed by atoms with E-state index in [1.807, 2.05) is 6.07 Å². The molecule has 8 nitrogen and oxygen atoms in total. The Morgan fingerprint density at radius 1 is 1.16 bits per heavy atom. The molecule has 1 aliphatic heterocycles. The Balaban J connectivity index is 1.74. The molecule has 168 valence electrons. The third-order valence-electron chi connectivity index (χ3n) is 5.06. The van der Waals surface area contributed by atoms with Gasteiger partial charge in [0.1, 0.15) is 11.0 Å². The zero-order chi connectivity index (χ0) is 23.3. The SMILES string of the molecule is CC(OC(=O)c1ccc(Cl)c(S(=O)(=O)N2CCCCC2)c1)C(=O)Nc1ccccc1C#N. The number of nitriles is 1. The van der Waals surface area contributed by atoms with Crippen LogP contribution in [0.4, 0.5) is 5.69 Å². The van der Waals surface area contributed by atoms with Crippen molar-refractivity contribution in [2.45, 2.75) is 37.2 Å². The summed E-state index contributed by atoms with van der Waals surface area (Å²) in [5, 5.41) is 11.7. The number of hydrogen-bond acceptors (Lipinski definition) is 6. The highest BCUT2D eigenvalue weighted by Gasteiger charge is 2.29. The van der Waals surface area contributed by atoms with Crippen molar-refractivity contribution in [3.8, 4) is 6.07 Å². The number of sulfonamides is 1. The van der Waals surface area contributed by atoms with Gasteiger partial charge in [0.25, 0.3) is 5.91 Å². The number of carbonyl (C=O) groups excluding carboxylic acids is 2. The van der Waals surface area contributed by atoms with E-state index in [9.17, 15) is 18.0 Å². The molecular weight excluding hydrogens is 454 g/mol. The number of amides is 1. The highest BCUT2D eigenvalue weighted by Crippen LogP contribution is 2.28. The molecule has 1 amide bonds. The molecule has 0 saturated carbocycles. The molecule has 2 aromatic carbocycles. The van der Waals surface area contributed by atoms with Crippen molar-refractivity contribution in [3.63, 3.8) is 0 Å². The minimum Gasteiger partial charge on any atom is -0.449 e. The summed E-state index contributed by atoms with van der Waals surface area (Å²) in [6.07, 6.45) is 1.30. The molecule has 0 spiro atoms. The molecule has 1 saturated heterocycles. The Kier molecular flexibility index (Phi) is 7.51. The molecule has 0 aliphatic carbocycles. The summed E-state index contributed by atoms with van der Waals surface area (Å²) in [4.78, 5) is 24.8. The number of benzene rings is 2. The zero-order valence-electron chi connectivity index (χ0n) is 17.4. The summed E-state index contributed by atoms with van der Waals surface area (Å²) in [6, 6.07) is 12.2.